The van der Waals surface area contributed by atoms with Crippen molar-refractivity contribution >= 4 is 0 Å². The van der Waals surface area contributed by atoms with Gasteiger partial charge in [0.2, 0.25) is 0 Å². The first-order chi connectivity index (χ1) is 4.18. The summed E-state index contributed by atoms with van der Waals surface area (Å²) in [5.41, 5.74) is 2.79. The van der Waals surface area contributed by atoms with Gasteiger partial charge in [0.15, 0.2) is 0 Å². The quantitative estimate of drug-likeness (QED) is 0.474. The highest BCUT2D eigenvalue weighted by molar-refractivity contribution is 5.24. The molecule has 0 aromatic carbocycles. The Labute approximate surface area is 56.7 Å². The zero-order valence-electron chi connectivity index (χ0n) is 6.31. The molecule has 0 aliphatic carbocycles. The van der Waals surface area contributed by atoms with Gasteiger partial charge in [0.1, 0.15) is 0 Å². The molecule has 1 aliphatic rings. The minimum atomic E-state index is 1.08. The largest absolute Gasteiger partial charge is 0.376 e. The Balaban J connectivity index is 2.74. The Morgan fingerprint density at radius 3 is 2.56 bits per heavy atom. The molecule has 1 heterocycles. The molecule has 9 heavy (non-hydrogen) atoms. The number of likely N-dealkylation sites (N-methyl/N-ethyl adjacent to an activating group) is 1. The summed E-state index contributed by atoms with van der Waals surface area (Å²) in [7, 11) is 2.10. The van der Waals surface area contributed by atoms with E-state index in [1.807, 2.05) is 0 Å². The number of allylic oxidation sites excluding steroid dienone is 2. The fourth-order valence-electron chi connectivity index (χ4n) is 1.26. The first-order valence-electron chi connectivity index (χ1n) is 3.24. The van der Waals surface area contributed by atoms with E-state index in [-0.39, 0.29) is 0 Å². The molecule has 1 heteroatoms. The molecule has 1 nitrogen and oxygen atoms in total. The summed E-state index contributed by atoms with van der Waals surface area (Å²) in [5, 5.41) is 0. The van der Waals surface area contributed by atoms with E-state index < -0.39 is 0 Å². The van der Waals surface area contributed by atoms with Crippen molar-refractivity contribution in [1.82, 2.24) is 4.90 Å². The molecule has 50 valence electrons. The van der Waals surface area contributed by atoms with Crippen LogP contribution in [-0.4, -0.2) is 18.5 Å². The molecule has 0 atom stereocenters. The lowest BCUT2D eigenvalue weighted by Gasteiger charge is -2.19. The summed E-state index contributed by atoms with van der Waals surface area (Å²) in [6.07, 6.45) is 4.38. The van der Waals surface area contributed by atoms with E-state index in [4.69, 9.17) is 0 Å². The summed E-state index contributed by atoms with van der Waals surface area (Å²) in [5.74, 6) is 0. The Kier molecular flexibility index (Phi) is 1.60. The van der Waals surface area contributed by atoms with Crippen LogP contribution in [0.25, 0.3) is 0 Å². The average Bonchev–Trinajstić information content (AvgIpc) is 1.59. The molecule has 0 radical (unpaired) electrons. The van der Waals surface area contributed by atoms with Crippen molar-refractivity contribution in [2.45, 2.75) is 13.8 Å². The summed E-state index contributed by atoms with van der Waals surface area (Å²) >= 11 is 0. The van der Waals surface area contributed by atoms with Gasteiger partial charge in [0, 0.05) is 19.8 Å². The van der Waals surface area contributed by atoms with Gasteiger partial charge in [0.25, 0.3) is 0 Å². The lowest BCUT2D eigenvalue weighted by Crippen LogP contribution is -2.16. The van der Waals surface area contributed by atoms with Crippen molar-refractivity contribution in [3.8, 4) is 0 Å². The van der Waals surface area contributed by atoms with Gasteiger partial charge in [-0.05, 0) is 19.4 Å². The normalized spacial score (nSPS) is 19.2. The second-order valence-electron chi connectivity index (χ2n) is 2.78. The van der Waals surface area contributed by atoms with E-state index >= 15 is 0 Å². The van der Waals surface area contributed by atoms with Crippen LogP contribution >= 0.6 is 0 Å². The van der Waals surface area contributed by atoms with Crippen LogP contribution in [0.4, 0.5) is 0 Å². The molecule has 0 spiro atoms. The minimum Gasteiger partial charge on any atom is -0.376 e. The zero-order valence-corrected chi connectivity index (χ0v) is 6.31. The minimum absolute atomic E-state index is 1.08. The smallest absolute Gasteiger partial charge is 0.0380 e. The van der Waals surface area contributed by atoms with Crippen molar-refractivity contribution in [2.24, 2.45) is 0 Å². The molecule has 0 N–H and O–H groups in total. The molecular weight excluding hydrogens is 110 g/mol. The second-order valence-corrected chi connectivity index (χ2v) is 2.78. The molecule has 1 rings (SSSR count). The molecule has 0 unspecified atom stereocenters. The highest BCUT2D eigenvalue weighted by Gasteiger charge is 2.00. The Morgan fingerprint density at radius 1 is 1.44 bits per heavy atom. The van der Waals surface area contributed by atoms with Crippen LogP contribution in [0.15, 0.2) is 23.4 Å². The summed E-state index contributed by atoms with van der Waals surface area (Å²) < 4.78 is 0. The van der Waals surface area contributed by atoms with E-state index in [1.54, 1.807) is 0 Å². The fraction of sp³-hybridized carbons (Fsp3) is 0.500. The molecule has 0 aromatic rings. The topological polar surface area (TPSA) is 3.24 Å². The second kappa shape index (κ2) is 2.26. The van der Waals surface area contributed by atoms with E-state index in [0.717, 1.165) is 6.54 Å². The van der Waals surface area contributed by atoms with Crippen molar-refractivity contribution in [1.29, 1.82) is 0 Å². The third-order valence-electron chi connectivity index (χ3n) is 1.40. The maximum absolute atomic E-state index is 2.22. The maximum Gasteiger partial charge on any atom is 0.0380 e. The van der Waals surface area contributed by atoms with Gasteiger partial charge in [-0.1, -0.05) is 11.6 Å². The number of rotatable bonds is 0. The molecule has 0 amide bonds. The zero-order chi connectivity index (χ0) is 6.85. The average molecular weight is 123 g/mol. The van der Waals surface area contributed by atoms with Gasteiger partial charge < -0.3 is 4.90 Å². The van der Waals surface area contributed by atoms with Gasteiger partial charge in [0.05, 0.1) is 0 Å². The van der Waals surface area contributed by atoms with Crippen LogP contribution in [0.5, 0.6) is 0 Å². The monoisotopic (exact) mass is 123 g/mol. The molecule has 0 saturated carbocycles. The van der Waals surface area contributed by atoms with Crippen LogP contribution in [0.2, 0.25) is 0 Å². The standard InChI is InChI=1S/C8H13N/c1-7-4-8(2)6-9(3)5-7/h4-5H,6H2,1-3H3. The Hall–Kier alpha value is -0.720. The predicted molar refractivity (Wildman–Crippen MR) is 40.1 cm³/mol. The molecule has 0 bridgehead atoms. The molecule has 0 aromatic heterocycles. The predicted octanol–water partition coefficient (Wildman–Crippen LogP) is 1.78. The first kappa shape index (κ1) is 6.40. The van der Waals surface area contributed by atoms with Crippen LogP contribution in [0, 0.1) is 0 Å². The Morgan fingerprint density at radius 2 is 2.11 bits per heavy atom. The fourth-order valence-corrected chi connectivity index (χ4v) is 1.26. The van der Waals surface area contributed by atoms with E-state index in [2.05, 4.69) is 38.1 Å². The summed E-state index contributed by atoms with van der Waals surface area (Å²) in [6.45, 7) is 5.36. The van der Waals surface area contributed by atoms with Crippen LogP contribution in [-0.2, 0) is 0 Å². The van der Waals surface area contributed by atoms with Crippen molar-refractivity contribution in [2.75, 3.05) is 13.6 Å². The van der Waals surface area contributed by atoms with Gasteiger partial charge in [-0.25, -0.2) is 0 Å². The third kappa shape index (κ3) is 1.60. The summed E-state index contributed by atoms with van der Waals surface area (Å²) in [6, 6.07) is 0. The van der Waals surface area contributed by atoms with Crippen molar-refractivity contribution in [3.63, 3.8) is 0 Å². The number of hydrogen-bond donors (Lipinski definition) is 0. The van der Waals surface area contributed by atoms with Crippen LogP contribution in [0.3, 0.4) is 0 Å². The van der Waals surface area contributed by atoms with E-state index in [9.17, 15) is 0 Å². The van der Waals surface area contributed by atoms with Gasteiger partial charge in [-0.3, -0.25) is 0 Å². The highest BCUT2D eigenvalue weighted by atomic mass is 15.1. The van der Waals surface area contributed by atoms with E-state index in [0.29, 0.717) is 0 Å². The molecule has 0 fully saturated rings. The molecule has 1 aliphatic heterocycles. The van der Waals surface area contributed by atoms with E-state index in [1.165, 1.54) is 11.1 Å². The number of hydrogen-bond acceptors (Lipinski definition) is 1. The Bertz CT molecular complexity index is 165. The highest BCUT2D eigenvalue weighted by Crippen LogP contribution is 2.09. The first-order valence-corrected chi connectivity index (χ1v) is 3.24. The van der Waals surface area contributed by atoms with Crippen molar-refractivity contribution < 1.29 is 0 Å². The summed E-state index contributed by atoms with van der Waals surface area (Å²) in [4.78, 5) is 2.20. The van der Waals surface area contributed by atoms with Crippen LogP contribution < -0.4 is 0 Å². The van der Waals surface area contributed by atoms with Gasteiger partial charge >= 0.3 is 0 Å². The molecular formula is C8H13N. The SMILES string of the molecule is CC1=CN(C)CC(C)=C1. The van der Waals surface area contributed by atoms with Crippen LogP contribution in [0.1, 0.15) is 13.8 Å². The lowest BCUT2D eigenvalue weighted by molar-refractivity contribution is 0.486. The van der Waals surface area contributed by atoms with Crippen molar-refractivity contribution in [3.05, 3.63) is 23.4 Å². The molecule has 0 saturated heterocycles. The number of nitrogens with zero attached hydrogens (tertiary/aromatic N) is 1. The van der Waals surface area contributed by atoms with Gasteiger partial charge in [-0.2, -0.15) is 0 Å². The maximum atomic E-state index is 2.22. The lowest BCUT2D eigenvalue weighted by atomic mass is 10.1. The third-order valence-corrected chi connectivity index (χ3v) is 1.40. The van der Waals surface area contributed by atoms with Gasteiger partial charge in [-0.15, -0.1) is 0 Å².